The molecular weight excluding hydrogens is 262 g/mol. The molecule has 1 rings (SSSR count). The van der Waals surface area contributed by atoms with Crippen LogP contribution in [0.25, 0.3) is 0 Å². The number of esters is 1. The molecule has 1 aromatic rings. The summed E-state index contributed by atoms with van der Waals surface area (Å²) in [6.45, 7) is 3.30. The Morgan fingerprint density at radius 2 is 2.15 bits per heavy atom. The Bertz CT molecular complexity index is 625. The first kappa shape index (κ1) is 15.4. The molecule has 20 heavy (non-hydrogen) atoms. The molecule has 0 bridgehead atoms. The van der Waals surface area contributed by atoms with Crippen LogP contribution in [0.4, 0.5) is 0 Å². The zero-order chi connectivity index (χ0) is 15.3. The van der Waals surface area contributed by atoms with Gasteiger partial charge in [-0.15, -0.1) is 0 Å². The summed E-state index contributed by atoms with van der Waals surface area (Å²) < 4.78 is 5.55. The highest BCUT2D eigenvalue weighted by molar-refractivity contribution is 5.89. The van der Waals surface area contributed by atoms with Gasteiger partial charge in [-0.25, -0.2) is 4.79 Å². The number of pyridine rings is 1. The maximum absolute atomic E-state index is 11.9. The molecule has 0 atom stereocenters. The summed E-state index contributed by atoms with van der Waals surface area (Å²) in [7, 11) is 1.19. The van der Waals surface area contributed by atoms with Crippen molar-refractivity contribution in [2.24, 2.45) is 0 Å². The zero-order valence-corrected chi connectivity index (χ0v) is 11.5. The number of methoxy groups -OCH3 is 1. The minimum atomic E-state index is -0.681. The fraction of sp³-hybridized carbons (Fsp3) is 0.385. The predicted molar refractivity (Wildman–Crippen MR) is 70.0 cm³/mol. The molecule has 0 saturated heterocycles. The van der Waals surface area contributed by atoms with E-state index in [0.29, 0.717) is 0 Å². The average molecular weight is 277 g/mol. The number of rotatable bonds is 4. The summed E-state index contributed by atoms with van der Waals surface area (Å²) in [6.07, 6.45) is 1.20. The lowest BCUT2D eigenvalue weighted by Gasteiger charge is -2.11. The largest absolute Gasteiger partial charge is 0.465 e. The highest BCUT2D eigenvalue weighted by atomic mass is 16.5. The van der Waals surface area contributed by atoms with Crippen molar-refractivity contribution in [2.75, 3.05) is 7.11 Å². The van der Waals surface area contributed by atoms with Crippen molar-refractivity contribution in [2.45, 2.75) is 26.4 Å². The molecule has 0 fully saturated rings. The van der Waals surface area contributed by atoms with Crippen molar-refractivity contribution in [3.05, 3.63) is 33.7 Å². The lowest BCUT2D eigenvalue weighted by atomic mass is 10.2. The minimum Gasteiger partial charge on any atom is -0.465 e. The second kappa shape index (κ2) is 6.52. The molecule has 106 valence electrons. The fourth-order valence-corrected chi connectivity index (χ4v) is 1.59. The second-order valence-electron chi connectivity index (χ2n) is 4.40. The van der Waals surface area contributed by atoms with Crippen LogP contribution >= 0.6 is 0 Å². The monoisotopic (exact) mass is 277 g/mol. The smallest absolute Gasteiger partial charge is 0.339 e. The van der Waals surface area contributed by atoms with Gasteiger partial charge in [0.25, 0.3) is 5.56 Å². The number of hydrogen-bond acceptors (Lipinski definition) is 5. The van der Waals surface area contributed by atoms with Gasteiger partial charge in [0.15, 0.2) is 0 Å². The molecule has 1 heterocycles. The van der Waals surface area contributed by atoms with Crippen LogP contribution < -0.4 is 10.9 Å². The van der Waals surface area contributed by atoms with Crippen LogP contribution in [0.15, 0.2) is 17.1 Å². The number of aromatic nitrogens is 1. The SMILES string of the molecule is COC(=O)c1cc(C#N)c(=O)n(CC(=O)NC(C)C)c1. The Hall–Kier alpha value is -2.62. The summed E-state index contributed by atoms with van der Waals surface area (Å²) in [6, 6.07) is 2.77. The molecule has 1 amide bonds. The lowest BCUT2D eigenvalue weighted by molar-refractivity contribution is -0.122. The number of amides is 1. The second-order valence-corrected chi connectivity index (χ2v) is 4.40. The Morgan fingerprint density at radius 3 is 2.65 bits per heavy atom. The van der Waals surface area contributed by atoms with E-state index in [0.717, 1.165) is 10.6 Å². The van der Waals surface area contributed by atoms with Gasteiger partial charge in [0, 0.05) is 12.2 Å². The van der Waals surface area contributed by atoms with Crippen LogP contribution in [-0.4, -0.2) is 29.6 Å². The molecule has 1 N–H and O–H groups in total. The van der Waals surface area contributed by atoms with Gasteiger partial charge in [-0.1, -0.05) is 0 Å². The summed E-state index contributed by atoms with van der Waals surface area (Å²) >= 11 is 0. The van der Waals surface area contributed by atoms with Gasteiger partial charge in [-0.05, 0) is 19.9 Å². The van der Waals surface area contributed by atoms with Crippen LogP contribution in [0.1, 0.15) is 29.8 Å². The Balaban J connectivity index is 3.18. The van der Waals surface area contributed by atoms with Crippen molar-refractivity contribution in [3.63, 3.8) is 0 Å². The summed E-state index contributed by atoms with van der Waals surface area (Å²) in [5, 5.41) is 11.5. The van der Waals surface area contributed by atoms with Crippen LogP contribution in [0.3, 0.4) is 0 Å². The number of ether oxygens (including phenoxy) is 1. The number of hydrogen-bond donors (Lipinski definition) is 1. The zero-order valence-electron chi connectivity index (χ0n) is 11.5. The first-order valence-corrected chi connectivity index (χ1v) is 5.91. The predicted octanol–water partition coefficient (Wildman–Crippen LogP) is 0.0312. The maximum atomic E-state index is 11.9. The Morgan fingerprint density at radius 1 is 1.50 bits per heavy atom. The van der Waals surface area contributed by atoms with E-state index >= 15 is 0 Å². The average Bonchev–Trinajstić information content (AvgIpc) is 2.39. The lowest BCUT2D eigenvalue weighted by Crippen LogP contribution is -2.36. The molecule has 0 radical (unpaired) electrons. The normalized spacial score (nSPS) is 9.95. The number of carbonyl (C=O) groups is 2. The van der Waals surface area contributed by atoms with Gasteiger partial charge in [-0.3, -0.25) is 9.59 Å². The van der Waals surface area contributed by atoms with Crippen molar-refractivity contribution in [3.8, 4) is 6.07 Å². The van der Waals surface area contributed by atoms with Gasteiger partial charge in [-0.2, -0.15) is 5.26 Å². The molecular formula is C13H15N3O4. The van der Waals surface area contributed by atoms with Gasteiger partial charge < -0.3 is 14.6 Å². The van der Waals surface area contributed by atoms with Crippen molar-refractivity contribution in [1.29, 1.82) is 5.26 Å². The standard InChI is InChI=1S/C13H15N3O4/c1-8(2)15-11(17)7-16-6-10(13(19)20-3)4-9(5-14)12(16)18/h4,6,8H,7H2,1-3H3,(H,15,17). The highest BCUT2D eigenvalue weighted by Gasteiger charge is 2.14. The number of carbonyl (C=O) groups excluding carboxylic acids is 2. The van der Waals surface area contributed by atoms with E-state index in [9.17, 15) is 14.4 Å². The molecule has 0 spiro atoms. The maximum Gasteiger partial charge on any atom is 0.339 e. The first-order valence-electron chi connectivity index (χ1n) is 5.91. The van der Waals surface area contributed by atoms with E-state index in [-0.39, 0.29) is 29.6 Å². The fourth-order valence-electron chi connectivity index (χ4n) is 1.59. The molecule has 1 aromatic heterocycles. The van der Waals surface area contributed by atoms with Crippen molar-refractivity contribution in [1.82, 2.24) is 9.88 Å². The van der Waals surface area contributed by atoms with Gasteiger partial charge in [0.1, 0.15) is 18.2 Å². The molecule has 7 heteroatoms. The van der Waals surface area contributed by atoms with Crippen LogP contribution in [0.2, 0.25) is 0 Å². The molecule has 0 aromatic carbocycles. The van der Waals surface area contributed by atoms with Crippen molar-refractivity contribution < 1.29 is 14.3 Å². The highest BCUT2D eigenvalue weighted by Crippen LogP contribution is 2.02. The summed E-state index contributed by atoms with van der Waals surface area (Å²) in [5.41, 5.74) is -0.801. The van der Waals surface area contributed by atoms with Gasteiger partial charge in [0.2, 0.25) is 5.91 Å². The van der Waals surface area contributed by atoms with E-state index in [1.165, 1.54) is 13.3 Å². The number of nitrogens with zero attached hydrogens (tertiary/aromatic N) is 2. The minimum absolute atomic E-state index is 0.0426. The third kappa shape index (κ3) is 3.68. The first-order chi connectivity index (χ1) is 9.38. The number of nitriles is 1. The Labute approximate surface area is 115 Å². The van der Waals surface area contributed by atoms with E-state index in [1.807, 2.05) is 0 Å². The van der Waals surface area contributed by atoms with Crippen LogP contribution in [0.5, 0.6) is 0 Å². The van der Waals surface area contributed by atoms with Crippen LogP contribution in [0, 0.1) is 11.3 Å². The molecule has 0 saturated carbocycles. The molecule has 7 nitrogen and oxygen atoms in total. The molecule has 0 aliphatic carbocycles. The van der Waals surface area contributed by atoms with E-state index in [4.69, 9.17) is 5.26 Å². The topological polar surface area (TPSA) is 101 Å². The Kier molecular flexibility index (Phi) is 5.03. The summed E-state index contributed by atoms with van der Waals surface area (Å²) in [4.78, 5) is 35.0. The molecule has 0 aliphatic rings. The van der Waals surface area contributed by atoms with Crippen LogP contribution in [-0.2, 0) is 16.1 Å². The summed E-state index contributed by atoms with van der Waals surface area (Å²) in [5.74, 6) is -1.06. The molecule has 0 aliphatic heterocycles. The van der Waals surface area contributed by atoms with Gasteiger partial charge >= 0.3 is 5.97 Å². The number of nitrogens with one attached hydrogen (secondary N) is 1. The molecule has 0 unspecified atom stereocenters. The van der Waals surface area contributed by atoms with Gasteiger partial charge in [0.05, 0.1) is 12.7 Å². The van der Waals surface area contributed by atoms with E-state index in [1.54, 1.807) is 19.9 Å². The van der Waals surface area contributed by atoms with E-state index < -0.39 is 11.5 Å². The quantitative estimate of drug-likeness (QED) is 0.782. The van der Waals surface area contributed by atoms with E-state index in [2.05, 4.69) is 10.1 Å². The van der Waals surface area contributed by atoms with Crippen molar-refractivity contribution >= 4 is 11.9 Å². The third-order valence-corrected chi connectivity index (χ3v) is 2.39. The third-order valence-electron chi connectivity index (χ3n) is 2.39.